The van der Waals surface area contributed by atoms with Crippen molar-refractivity contribution in [3.05, 3.63) is 58.5 Å². The molecule has 2 rings (SSSR count). The lowest BCUT2D eigenvalue weighted by atomic mass is 10.2. The monoisotopic (exact) mass is 365 g/mol. The van der Waals surface area contributed by atoms with Crippen molar-refractivity contribution in [2.24, 2.45) is 0 Å². The third-order valence-corrected chi connectivity index (χ3v) is 3.40. The molecule has 1 heterocycles. The summed E-state index contributed by atoms with van der Waals surface area (Å²) in [5, 5.41) is 3.14. The van der Waals surface area contributed by atoms with E-state index < -0.39 is 11.9 Å². The zero-order valence-electron chi connectivity index (χ0n) is 13.4. The smallest absolute Gasteiger partial charge is 0.373 e. The number of esters is 2. The van der Waals surface area contributed by atoms with Gasteiger partial charge in [-0.1, -0.05) is 11.6 Å². The van der Waals surface area contributed by atoms with Crippen molar-refractivity contribution in [2.75, 3.05) is 13.7 Å². The first-order valence-corrected chi connectivity index (χ1v) is 7.74. The number of ether oxygens (including phenoxy) is 2. The van der Waals surface area contributed by atoms with Gasteiger partial charge in [-0.2, -0.15) is 0 Å². The van der Waals surface area contributed by atoms with Crippen LogP contribution in [0.5, 0.6) is 0 Å². The van der Waals surface area contributed by atoms with E-state index in [0.29, 0.717) is 16.3 Å². The molecule has 25 heavy (non-hydrogen) atoms. The minimum absolute atomic E-state index is 0.00387. The largest absolute Gasteiger partial charge is 0.463 e. The van der Waals surface area contributed by atoms with Gasteiger partial charge in [-0.25, -0.2) is 4.79 Å². The Morgan fingerprint density at radius 2 is 1.84 bits per heavy atom. The number of amides is 1. The minimum Gasteiger partial charge on any atom is -0.463 e. The van der Waals surface area contributed by atoms with Gasteiger partial charge in [0.05, 0.1) is 13.5 Å². The Morgan fingerprint density at radius 1 is 1.12 bits per heavy atom. The van der Waals surface area contributed by atoms with Gasteiger partial charge in [0.25, 0.3) is 5.91 Å². The molecule has 0 radical (unpaired) electrons. The summed E-state index contributed by atoms with van der Waals surface area (Å²) in [6, 6.07) is 9.34. The summed E-state index contributed by atoms with van der Waals surface area (Å²) in [6.07, 6.45) is 0.00387. The molecule has 7 nitrogen and oxygen atoms in total. The Bertz CT molecular complexity index is 753. The van der Waals surface area contributed by atoms with Crippen LogP contribution in [-0.2, 0) is 20.9 Å². The summed E-state index contributed by atoms with van der Waals surface area (Å²) in [7, 11) is 1.24. The molecule has 0 bridgehead atoms. The topological polar surface area (TPSA) is 94.8 Å². The number of halogens is 1. The second kappa shape index (κ2) is 8.89. The van der Waals surface area contributed by atoms with E-state index in [1.165, 1.54) is 19.2 Å². The lowest BCUT2D eigenvalue weighted by molar-refractivity contribution is -0.145. The molecular formula is C17H16ClNO6. The van der Waals surface area contributed by atoms with Gasteiger partial charge in [-0.05, 0) is 36.4 Å². The lowest BCUT2D eigenvalue weighted by Crippen LogP contribution is -2.26. The Morgan fingerprint density at radius 3 is 2.52 bits per heavy atom. The molecule has 0 aliphatic heterocycles. The number of carbonyl (C=O) groups is 3. The highest BCUT2D eigenvalue weighted by Gasteiger charge is 2.12. The molecule has 8 heteroatoms. The highest BCUT2D eigenvalue weighted by molar-refractivity contribution is 6.30. The van der Waals surface area contributed by atoms with Crippen molar-refractivity contribution in [3.63, 3.8) is 0 Å². The van der Waals surface area contributed by atoms with Crippen LogP contribution in [-0.4, -0.2) is 31.5 Å². The van der Waals surface area contributed by atoms with E-state index in [9.17, 15) is 14.4 Å². The van der Waals surface area contributed by atoms with Gasteiger partial charge in [0.15, 0.2) is 0 Å². The Kier molecular flexibility index (Phi) is 6.59. The normalized spacial score (nSPS) is 10.2. The molecule has 1 N–H and O–H groups in total. The Hall–Kier alpha value is -2.80. The SMILES string of the molecule is COC(=O)c1ccc(COC(=O)CCNC(=O)c2ccc(Cl)cc2)o1. The van der Waals surface area contributed by atoms with Gasteiger partial charge < -0.3 is 19.2 Å². The zero-order valence-corrected chi connectivity index (χ0v) is 14.2. The maximum atomic E-state index is 11.8. The molecule has 0 spiro atoms. The van der Waals surface area contributed by atoms with Crippen LogP contribution in [0.1, 0.15) is 33.1 Å². The van der Waals surface area contributed by atoms with Gasteiger partial charge in [-0.15, -0.1) is 0 Å². The van der Waals surface area contributed by atoms with E-state index in [1.54, 1.807) is 24.3 Å². The first-order valence-electron chi connectivity index (χ1n) is 7.36. The fourth-order valence-electron chi connectivity index (χ4n) is 1.87. The molecule has 0 saturated carbocycles. The van der Waals surface area contributed by atoms with Crippen molar-refractivity contribution < 1.29 is 28.3 Å². The van der Waals surface area contributed by atoms with Crippen LogP contribution >= 0.6 is 11.6 Å². The summed E-state index contributed by atoms with van der Waals surface area (Å²) < 4.78 is 14.7. The van der Waals surface area contributed by atoms with Crippen molar-refractivity contribution >= 4 is 29.4 Å². The van der Waals surface area contributed by atoms with Crippen LogP contribution in [0.2, 0.25) is 5.02 Å². The lowest BCUT2D eigenvalue weighted by Gasteiger charge is -2.06. The van der Waals surface area contributed by atoms with Gasteiger partial charge in [0, 0.05) is 17.1 Å². The summed E-state index contributed by atoms with van der Waals surface area (Å²) in [5.74, 6) is -1.07. The van der Waals surface area contributed by atoms with Gasteiger partial charge in [-0.3, -0.25) is 9.59 Å². The third-order valence-electron chi connectivity index (χ3n) is 3.14. The number of hydrogen-bond donors (Lipinski definition) is 1. The Balaban J connectivity index is 1.70. The summed E-state index contributed by atoms with van der Waals surface area (Å²) in [6.45, 7) is 0.0207. The number of carbonyl (C=O) groups excluding carboxylic acids is 3. The molecule has 0 saturated heterocycles. The molecule has 1 aromatic heterocycles. The van der Waals surface area contributed by atoms with Crippen LogP contribution in [0, 0.1) is 0 Å². The van der Waals surface area contributed by atoms with E-state index in [1.807, 2.05) is 0 Å². The van der Waals surface area contributed by atoms with Crippen LogP contribution in [0.3, 0.4) is 0 Å². The van der Waals surface area contributed by atoms with Crippen molar-refractivity contribution in [1.29, 1.82) is 0 Å². The van der Waals surface area contributed by atoms with Crippen LogP contribution in [0.25, 0.3) is 0 Å². The summed E-state index contributed by atoms with van der Waals surface area (Å²) >= 11 is 5.75. The van der Waals surface area contributed by atoms with E-state index in [2.05, 4.69) is 10.1 Å². The standard InChI is InChI=1S/C17H16ClNO6/c1-23-17(22)14-7-6-13(25-14)10-24-15(20)8-9-19-16(21)11-2-4-12(18)5-3-11/h2-7H,8-10H2,1H3,(H,19,21). The number of rotatable bonds is 7. The van der Waals surface area contributed by atoms with Gasteiger partial charge in [0.1, 0.15) is 12.4 Å². The van der Waals surface area contributed by atoms with Gasteiger partial charge in [0.2, 0.25) is 5.76 Å². The second-order valence-electron chi connectivity index (χ2n) is 4.93. The first kappa shape index (κ1) is 18.5. The van der Waals surface area contributed by atoms with E-state index in [-0.39, 0.29) is 31.2 Å². The average Bonchev–Trinajstić information content (AvgIpc) is 3.09. The molecular weight excluding hydrogens is 350 g/mol. The molecule has 2 aromatic rings. The second-order valence-corrected chi connectivity index (χ2v) is 5.37. The zero-order chi connectivity index (χ0) is 18.2. The van der Waals surface area contributed by atoms with Crippen LogP contribution in [0.4, 0.5) is 0 Å². The number of furan rings is 1. The fourth-order valence-corrected chi connectivity index (χ4v) is 2.00. The van der Waals surface area contributed by atoms with E-state index in [4.69, 9.17) is 20.8 Å². The third kappa shape index (κ3) is 5.65. The summed E-state index contributed by atoms with van der Waals surface area (Å²) in [5.41, 5.74) is 0.448. The molecule has 0 unspecified atom stereocenters. The number of benzene rings is 1. The van der Waals surface area contributed by atoms with Crippen LogP contribution < -0.4 is 5.32 Å². The fraction of sp³-hybridized carbons (Fsp3) is 0.235. The quantitative estimate of drug-likeness (QED) is 0.758. The van der Waals surface area contributed by atoms with Crippen molar-refractivity contribution in [2.45, 2.75) is 13.0 Å². The van der Waals surface area contributed by atoms with Gasteiger partial charge >= 0.3 is 11.9 Å². The molecule has 0 atom stereocenters. The van der Waals surface area contributed by atoms with E-state index in [0.717, 1.165) is 0 Å². The number of methoxy groups -OCH3 is 1. The first-order chi connectivity index (χ1) is 12.0. The predicted molar refractivity (Wildman–Crippen MR) is 88.2 cm³/mol. The molecule has 1 aromatic carbocycles. The van der Waals surface area contributed by atoms with Crippen molar-refractivity contribution in [1.82, 2.24) is 5.32 Å². The molecule has 0 aliphatic rings. The molecule has 0 fully saturated rings. The Labute approximate surface area is 148 Å². The van der Waals surface area contributed by atoms with E-state index >= 15 is 0 Å². The molecule has 0 aliphatic carbocycles. The number of hydrogen-bond acceptors (Lipinski definition) is 6. The van der Waals surface area contributed by atoms with Crippen molar-refractivity contribution in [3.8, 4) is 0 Å². The number of nitrogens with one attached hydrogen (secondary N) is 1. The molecule has 1 amide bonds. The minimum atomic E-state index is -0.609. The predicted octanol–water partition coefficient (Wildman–Crippen LogP) is 2.58. The average molecular weight is 366 g/mol. The molecule has 132 valence electrons. The summed E-state index contributed by atoms with van der Waals surface area (Å²) in [4.78, 5) is 34.7. The maximum absolute atomic E-state index is 11.8. The maximum Gasteiger partial charge on any atom is 0.373 e. The highest BCUT2D eigenvalue weighted by Crippen LogP contribution is 2.11. The highest BCUT2D eigenvalue weighted by atomic mass is 35.5. The van der Waals surface area contributed by atoms with Crippen LogP contribution in [0.15, 0.2) is 40.8 Å².